The molecule has 2 atom stereocenters. The highest BCUT2D eigenvalue weighted by Crippen LogP contribution is 2.44. The summed E-state index contributed by atoms with van der Waals surface area (Å²) in [6, 6.07) is 32.1. The molecular weight excluding hydrogens is 612 g/mol. The number of aliphatic imine (C=N–C) groups is 1. The van der Waals surface area contributed by atoms with E-state index < -0.39 is 23.8 Å². The Morgan fingerprint density at radius 2 is 1.62 bits per heavy atom. The summed E-state index contributed by atoms with van der Waals surface area (Å²) >= 11 is 0. The third-order valence-corrected chi connectivity index (χ3v) is 7.95. The van der Waals surface area contributed by atoms with Crippen LogP contribution < -0.4 is 15.6 Å². The number of amides is 1. The first-order valence-electron chi connectivity index (χ1n) is 15.5. The molecule has 0 radical (unpaired) electrons. The number of azide groups is 1. The van der Waals surface area contributed by atoms with E-state index in [2.05, 4.69) is 20.9 Å². The van der Waals surface area contributed by atoms with Gasteiger partial charge in [-0.15, -0.1) is 0 Å². The molecule has 1 aliphatic rings. The predicted octanol–water partition coefficient (Wildman–Crippen LogP) is 5.80. The van der Waals surface area contributed by atoms with E-state index >= 15 is 0 Å². The Morgan fingerprint density at radius 3 is 2.31 bits per heavy atom. The Kier molecular flexibility index (Phi) is 11.8. The second-order valence-corrected chi connectivity index (χ2v) is 11.0. The van der Waals surface area contributed by atoms with Gasteiger partial charge in [0.1, 0.15) is 5.75 Å². The summed E-state index contributed by atoms with van der Waals surface area (Å²) in [4.78, 5) is 22.5. The zero-order valence-corrected chi connectivity index (χ0v) is 26.8. The molecule has 5 rings (SSSR count). The molecule has 12 nitrogen and oxygen atoms in total. The number of carbonyl (C=O) groups is 1. The Balaban J connectivity index is 1.58. The molecule has 0 saturated heterocycles. The molecular formula is C36H38N6O6. The molecule has 0 aliphatic carbocycles. The molecule has 3 N–H and O–H groups in total. The van der Waals surface area contributed by atoms with Gasteiger partial charge in [0.05, 0.1) is 13.2 Å². The summed E-state index contributed by atoms with van der Waals surface area (Å²) in [6.45, 7) is 0.577. The van der Waals surface area contributed by atoms with Crippen LogP contribution in [0.15, 0.2) is 113 Å². The van der Waals surface area contributed by atoms with Crippen LogP contribution in [0.1, 0.15) is 29.2 Å². The van der Waals surface area contributed by atoms with Gasteiger partial charge >= 0.3 is 0 Å². The maximum atomic E-state index is 14.5. The van der Waals surface area contributed by atoms with Crippen LogP contribution in [0.4, 0.5) is 5.69 Å². The molecule has 248 valence electrons. The van der Waals surface area contributed by atoms with Gasteiger partial charge in [-0.1, -0.05) is 84.0 Å². The van der Waals surface area contributed by atoms with Gasteiger partial charge in [0, 0.05) is 49.8 Å². The molecule has 0 spiro atoms. The molecule has 0 bridgehead atoms. The number of benzene rings is 4. The largest absolute Gasteiger partial charge is 0.494 e. The lowest BCUT2D eigenvalue weighted by Crippen LogP contribution is -2.55. The second kappa shape index (κ2) is 16.6. The lowest BCUT2D eigenvalue weighted by atomic mass is 9.81. The average Bonchev–Trinajstić information content (AvgIpc) is 3.52. The first kappa shape index (κ1) is 34.1. The molecule has 4 aromatic rings. The lowest BCUT2D eigenvalue weighted by molar-refractivity contribution is -0.131. The van der Waals surface area contributed by atoms with Crippen LogP contribution in [0, 0.1) is 0 Å². The number of carbonyl (C=O) groups excluding carboxylic acids is 1. The third kappa shape index (κ3) is 8.00. The molecule has 0 fully saturated rings. The summed E-state index contributed by atoms with van der Waals surface area (Å²) < 4.78 is 22.9. The Bertz CT molecular complexity index is 1720. The third-order valence-electron chi connectivity index (χ3n) is 7.95. The molecule has 1 heterocycles. The van der Waals surface area contributed by atoms with Crippen molar-refractivity contribution >= 4 is 17.5 Å². The number of hydrogen-bond donors (Lipinski definition) is 3. The molecule has 12 heteroatoms. The number of hydrazine groups is 1. The zero-order chi connectivity index (χ0) is 33.8. The highest BCUT2D eigenvalue weighted by molar-refractivity contribution is 6.01. The molecule has 1 amide bonds. The van der Waals surface area contributed by atoms with Gasteiger partial charge < -0.3 is 24.1 Å². The molecule has 1 aliphatic heterocycles. The molecule has 0 saturated carbocycles. The van der Waals surface area contributed by atoms with Gasteiger partial charge in [-0.05, 0) is 52.1 Å². The molecule has 4 aromatic carbocycles. The van der Waals surface area contributed by atoms with Gasteiger partial charge in [0.2, 0.25) is 5.90 Å². The van der Waals surface area contributed by atoms with Crippen molar-refractivity contribution < 1.29 is 28.8 Å². The Labute approximate surface area is 278 Å². The summed E-state index contributed by atoms with van der Waals surface area (Å²) in [5.41, 5.74) is 17.9. The van der Waals surface area contributed by atoms with Crippen LogP contribution in [-0.4, -0.2) is 62.7 Å². The van der Waals surface area contributed by atoms with Crippen molar-refractivity contribution in [3.63, 3.8) is 0 Å². The van der Waals surface area contributed by atoms with Crippen LogP contribution >= 0.6 is 0 Å². The molecule has 0 aromatic heterocycles. The number of methoxy groups -OCH3 is 2. The van der Waals surface area contributed by atoms with Crippen LogP contribution in [0.25, 0.3) is 21.6 Å². The normalized spacial score (nSPS) is 16.9. The fraction of sp³-hybridized carbons (Fsp3) is 0.278. The first-order valence-corrected chi connectivity index (χ1v) is 15.5. The van der Waals surface area contributed by atoms with Crippen LogP contribution in [-0.2, 0) is 25.4 Å². The summed E-state index contributed by atoms with van der Waals surface area (Å²) in [5, 5.41) is 13.0. The minimum Gasteiger partial charge on any atom is -0.494 e. The SMILES string of the molecule is COC(CNNC(=O)[C@@]1(Cc2ccccc2N=[N+]=[N-])N=C(c2ccc(OCCCO)cc2)O[C@H]1c1ccc(-c2ccccc2)cc1)OC. The van der Waals surface area contributed by atoms with Crippen molar-refractivity contribution in [3.8, 4) is 16.9 Å². The first-order chi connectivity index (χ1) is 23.5. The number of aliphatic hydroxyl groups is 1. The average molecular weight is 651 g/mol. The van der Waals surface area contributed by atoms with Crippen molar-refractivity contribution in [2.45, 2.75) is 30.8 Å². The number of nitrogens with one attached hydrogen (secondary N) is 2. The number of rotatable bonds is 16. The fourth-order valence-electron chi connectivity index (χ4n) is 5.45. The van der Waals surface area contributed by atoms with E-state index in [0.717, 1.165) is 16.7 Å². The highest BCUT2D eigenvalue weighted by atomic mass is 16.7. The van der Waals surface area contributed by atoms with E-state index in [1.165, 1.54) is 14.2 Å². The van der Waals surface area contributed by atoms with Crippen molar-refractivity contribution in [2.24, 2.45) is 10.1 Å². The Morgan fingerprint density at radius 1 is 0.958 bits per heavy atom. The standard InChI is InChI=1S/C36H38N6O6/c1-45-32(46-2)24-38-41-35(44)36(23-29-11-6-7-12-31(29)40-42-37)33(27-15-13-26(14-16-27)25-9-4-3-5-10-25)48-34(39-36)28-17-19-30(20-18-28)47-22-8-21-43/h3-7,9-20,32-33,38,43H,8,21-24H2,1-2H3,(H,41,44)/t33-,36-/m0/s1. The predicted molar refractivity (Wildman–Crippen MR) is 182 cm³/mol. The minimum atomic E-state index is -1.55. The van der Waals surface area contributed by atoms with Crippen molar-refractivity contribution in [1.82, 2.24) is 10.9 Å². The topological polar surface area (TPSA) is 159 Å². The smallest absolute Gasteiger partial charge is 0.266 e. The maximum Gasteiger partial charge on any atom is 0.266 e. The van der Waals surface area contributed by atoms with Crippen LogP contribution in [0.3, 0.4) is 0 Å². The van der Waals surface area contributed by atoms with E-state index in [-0.39, 0.29) is 25.5 Å². The molecule has 0 unspecified atom stereocenters. The lowest BCUT2D eigenvalue weighted by Gasteiger charge is -2.31. The summed E-state index contributed by atoms with van der Waals surface area (Å²) in [6.07, 6.45) is -0.921. The number of nitrogens with zero attached hydrogens (tertiary/aromatic N) is 4. The van der Waals surface area contributed by atoms with Crippen molar-refractivity contribution in [1.29, 1.82) is 0 Å². The monoisotopic (exact) mass is 650 g/mol. The Hall–Kier alpha value is -5.23. The zero-order valence-electron chi connectivity index (χ0n) is 26.8. The number of ether oxygens (including phenoxy) is 4. The van der Waals surface area contributed by atoms with Crippen LogP contribution in [0.5, 0.6) is 5.75 Å². The van der Waals surface area contributed by atoms with E-state index in [9.17, 15) is 10.3 Å². The van der Waals surface area contributed by atoms with Crippen LogP contribution in [0.2, 0.25) is 0 Å². The van der Waals surface area contributed by atoms with E-state index in [1.54, 1.807) is 30.3 Å². The van der Waals surface area contributed by atoms with E-state index in [4.69, 9.17) is 29.0 Å². The summed E-state index contributed by atoms with van der Waals surface area (Å²) in [5.74, 6) is 0.415. The highest BCUT2D eigenvalue weighted by Gasteiger charge is 2.53. The second-order valence-electron chi connectivity index (χ2n) is 11.0. The number of aliphatic hydroxyl groups excluding tert-OH is 1. The minimum absolute atomic E-state index is 0.0375. The van der Waals surface area contributed by atoms with Gasteiger partial charge in [-0.25, -0.2) is 10.4 Å². The van der Waals surface area contributed by atoms with Crippen molar-refractivity contribution in [3.05, 3.63) is 130 Å². The molecule has 48 heavy (non-hydrogen) atoms. The van der Waals surface area contributed by atoms with E-state index in [1.807, 2.05) is 72.8 Å². The van der Waals surface area contributed by atoms with Crippen molar-refractivity contribution in [2.75, 3.05) is 34.0 Å². The van der Waals surface area contributed by atoms with Gasteiger partial charge in [0.25, 0.3) is 5.91 Å². The van der Waals surface area contributed by atoms with Gasteiger partial charge in [0.15, 0.2) is 17.9 Å². The maximum absolute atomic E-state index is 14.5. The van der Waals surface area contributed by atoms with Gasteiger partial charge in [-0.2, -0.15) is 0 Å². The number of hydrogen-bond acceptors (Lipinski definition) is 9. The fourth-order valence-corrected chi connectivity index (χ4v) is 5.45. The van der Waals surface area contributed by atoms with E-state index in [0.29, 0.717) is 35.6 Å². The van der Waals surface area contributed by atoms with Gasteiger partial charge in [-0.3, -0.25) is 10.2 Å². The summed E-state index contributed by atoms with van der Waals surface area (Å²) in [7, 11) is 3.01. The quantitative estimate of drug-likeness (QED) is 0.0345.